The Labute approximate surface area is 135 Å². The first kappa shape index (κ1) is 18.5. The Balaban J connectivity index is 2.78. The molecule has 0 aliphatic carbocycles. The molecule has 3 amide bonds. The van der Waals surface area contributed by atoms with Crippen molar-refractivity contribution in [1.82, 2.24) is 15.1 Å². The monoisotopic (exact) mass is 321 g/mol. The van der Waals surface area contributed by atoms with E-state index < -0.39 is 18.0 Å². The van der Waals surface area contributed by atoms with Gasteiger partial charge in [-0.2, -0.15) is 0 Å². The fourth-order valence-corrected chi connectivity index (χ4v) is 1.92. The third kappa shape index (κ3) is 6.37. The number of carbonyl (C=O) groups excluding carboxylic acids is 2. The summed E-state index contributed by atoms with van der Waals surface area (Å²) in [6, 6.07) is 8.33. The Hall–Kier alpha value is -2.57. The summed E-state index contributed by atoms with van der Waals surface area (Å²) < 4.78 is 0. The standard InChI is InChI=1S/C16H23N3O4/c1-18(2)14(20)11-13(12-7-5-4-6-8-12)17-16(23)19(3)10-9-15(21)22/h4-8,13H,9-11H2,1-3H3,(H,17,23)(H,21,22). The average molecular weight is 321 g/mol. The third-order valence-corrected chi connectivity index (χ3v) is 3.38. The molecule has 1 rings (SSSR count). The Morgan fingerprint density at radius 1 is 1.13 bits per heavy atom. The molecule has 0 fully saturated rings. The number of benzene rings is 1. The molecule has 0 aliphatic rings. The number of rotatable bonds is 7. The van der Waals surface area contributed by atoms with E-state index in [0.29, 0.717) is 0 Å². The molecule has 1 unspecified atom stereocenters. The summed E-state index contributed by atoms with van der Waals surface area (Å²) in [6.07, 6.45) is 0.00603. The van der Waals surface area contributed by atoms with Gasteiger partial charge in [0, 0.05) is 27.7 Å². The van der Waals surface area contributed by atoms with Crippen molar-refractivity contribution in [3.05, 3.63) is 35.9 Å². The first-order valence-corrected chi connectivity index (χ1v) is 7.29. The molecular weight excluding hydrogens is 298 g/mol. The molecule has 126 valence electrons. The van der Waals surface area contributed by atoms with Crippen molar-refractivity contribution in [2.75, 3.05) is 27.7 Å². The maximum Gasteiger partial charge on any atom is 0.317 e. The summed E-state index contributed by atoms with van der Waals surface area (Å²) >= 11 is 0. The van der Waals surface area contributed by atoms with Gasteiger partial charge in [-0.3, -0.25) is 9.59 Å². The molecule has 2 N–H and O–H groups in total. The van der Waals surface area contributed by atoms with Crippen LogP contribution in [0.15, 0.2) is 30.3 Å². The number of nitrogens with one attached hydrogen (secondary N) is 1. The molecule has 0 saturated carbocycles. The number of aliphatic carboxylic acids is 1. The maximum atomic E-state index is 12.2. The number of nitrogens with zero attached hydrogens (tertiary/aromatic N) is 2. The highest BCUT2D eigenvalue weighted by Gasteiger charge is 2.21. The largest absolute Gasteiger partial charge is 0.481 e. The predicted molar refractivity (Wildman–Crippen MR) is 85.9 cm³/mol. The lowest BCUT2D eigenvalue weighted by Gasteiger charge is -2.24. The van der Waals surface area contributed by atoms with Gasteiger partial charge in [0.15, 0.2) is 0 Å². The van der Waals surface area contributed by atoms with E-state index in [4.69, 9.17) is 5.11 Å². The second-order valence-corrected chi connectivity index (χ2v) is 5.47. The van der Waals surface area contributed by atoms with Crippen molar-refractivity contribution < 1.29 is 19.5 Å². The van der Waals surface area contributed by atoms with E-state index in [0.717, 1.165) is 5.56 Å². The first-order chi connectivity index (χ1) is 10.8. The number of carbonyl (C=O) groups is 3. The van der Waals surface area contributed by atoms with E-state index in [1.807, 2.05) is 30.3 Å². The van der Waals surface area contributed by atoms with Crippen LogP contribution >= 0.6 is 0 Å². The molecule has 0 spiro atoms. The summed E-state index contributed by atoms with van der Waals surface area (Å²) in [6.45, 7) is 0.101. The Bertz CT molecular complexity index is 546. The van der Waals surface area contributed by atoms with E-state index >= 15 is 0 Å². The normalized spacial score (nSPS) is 11.4. The van der Waals surface area contributed by atoms with Crippen molar-refractivity contribution in [2.24, 2.45) is 0 Å². The van der Waals surface area contributed by atoms with Gasteiger partial charge in [0.25, 0.3) is 0 Å². The zero-order valence-electron chi connectivity index (χ0n) is 13.7. The lowest BCUT2D eigenvalue weighted by molar-refractivity contribution is -0.137. The molecule has 23 heavy (non-hydrogen) atoms. The molecule has 0 heterocycles. The second kappa shape index (κ2) is 8.77. The van der Waals surface area contributed by atoms with E-state index in [2.05, 4.69) is 5.32 Å². The fraction of sp³-hybridized carbons (Fsp3) is 0.438. The quantitative estimate of drug-likeness (QED) is 0.792. The molecule has 1 aromatic rings. The summed E-state index contributed by atoms with van der Waals surface area (Å²) in [5.74, 6) is -1.07. The van der Waals surface area contributed by atoms with Crippen LogP contribution in [0, 0.1) is 0 Å². The van der Waals surface area contributed by atoms with Gasteiger partial charge in [0.2, 0.25) is 5.91 Å². The van der Waals surface area contributed by atoms with Crippen LogP contribution < -0.4 is 5.32 Å². The highest BCUT2D eigenvalue weighted by Crippen LogP contribution is 2.17. The van der Waals surface area contributed by atoms with Crippen molar-refractivity contribution in [1.29, 1.82) is 0 Å². The highest BCUT2D eigenvalue weighted by molar-refractivity contribution is 5.79. The minimum atomic E-state index is -0.966. The van der Waals surface area contributed by atoms with Gasteiger partial charge in [-0.15, -0.1) is 0 Å². The lowest BCUT2D eigenvalue weighted by atomic mass is 10.0. The number of amides is 3. The van der Waals surface area contributed by atoms with E-state index in [-0.39, 0.29) is 25.3 Å². The Morgan fingerprint density at radius 3 is 2.26 bits per heavy atom. The SMILES string of the molecule is CN(C)C(=O)CC(NC(=O)N(C)CCC(=O)O)c1ccccc1. The number of hydrogen-bond donors (Lipinski definition) is 2. The molecule has 0 radical (unpaired) electrons. The predicted octanol–water partition coefficient (Wildman–Crippen LogP) is 1.32. The summed E-state index contributed by atoms with van der Waals surface area (Å²) in [5.41, 5.74) is 0.822. The van der Waals surface area contributed by atoms with Gasteiger partial charge in [-0.25, -0.2) is 4.79 Å². The topological polar surface area (TPSA) is 90.0 Å². The van der Waals surface area contributed by atoms with Crippen LogP contribution in [0.1, 0.15) is 24.4 Å². The van der Waals surface area contributed by atoms with Gasteiger partial charge in [0.05, 0.1) is 18.9 Å². The van der Waals surface area contributed by atoms with E-state index in [1.165, 1.54) is 16.8 Å². The molecule has 7 heteroatoms. The molecule has 1 aromatic carbocycles. The summed E-state index contributed by atoms with van der Waals surface area (Å²) in [5, 5.41) is 11.5. The van der Waals surface area contributed by atoms with Crippen LogP contribution in [0.5, 0.6) is 0 Å². The highest BCUT2D eigenvalue weighted by atomic mass is 16.4. The van der Waals surface area contributed by atoms with Crippen molar-refractivity contribution >= 4 is 17.9 Å². The molecule has 0 aliphatic heterocycles. The molecule has 0 saturated heterocycles. The van der Waals surface area contributed by atoms with Gasteiger partial charge in [0.1, 0.15) is 0 Å². The van der Waals surface area contributed by atoms with E-state index in [1.54, 1.807) is 14.1 Å². The van der Waals surface area contributed by atoms with Gasteiger partial charge >= 0.3 is 12.0 Å². The van der Waals surface area contributed by atoms with E-state index in [9.17, 15) is 14.4 Å². The second-order valence-electron chi connectivity index (χ2n) is 5.47. The third-order valence-electron chi connectivity index (χ3n) is 3.38. The minimum absolute atomic E-state index is 0.101. The van der Waals surface area contributed by atoms with Gasteiger partial charge < -0.3 is 20.2 Å². The van der Waals surface area contributed by atoms with Crippen LogP contribution in [0.25, 0.3) is 0 Å². The van der Waals surface area contributed by atoms with Gasteiger partial charge in [-0.1, -0.05) is 30.3 Å². The van der Waals surface area contributed by atoms with Gasteiger partial charge in [-0.05, 0) is 5.56 Å². The Kier molecular flexibility index (Phi) is 7.05. The summed E-state index contributed by atoms with van der Waals surface area (Å²) in [7, 11) is 4.84. The average Bonchev–Trinajstić information content (AvgIpc) is 2.52. The molecule has 7 nitrogen and oxygen atoms in total. The van der Waals surface area contributed by atoms with Crippen LogP contribution in [-0.2, 0) is 9.59 Å². The smallest absolute Gasteiger partial charge is 0.317 e. The number of hydrogen-bond acceptors (Lipinski definition) is 3. The molecule has 0 bridgehead atoms. The van der Waals surface area contributed by atoms with Crippen molar-refractivity contribution in [3.8, 4) is 0 Å². The summed E-state index contributed by atoms with van der Waals surface area (Å²) in [4.78, 5) is 37.5. The van der Waals surface area contributed by atoms with Crippen LogP contribution in [0.2, 0.25) is 0 Å². The fourth-order valence-electron chi connectivity index (χ4n) is 1.92. The lowest BCUT2D eigenvalue weighted by Crippen LogP contribution is -2.41. The van der Waals surface area contributed by atoms with Crippen molar-refractivity contribution in [3.63, 3.8) is 0 Å². The maximum absolute atomic E-state index is 12.2. The Morgan fingerprint density at radius 2 is 1.74 bits per heavy atom. The number of carboxylic acid groups (broad SMARTS) is 1. The van der Waals surface area contributed by atoms with Crippen LogP contribution in [-0.4, -0.2) is 60.5 Å². The molecule has 1 atom stereocenters. The van der Waals surface area contributed by atoms with Crippen LogP contribution in [0.3, 0.4) is 0 Å². The minimum Gasteiger partial charge on any atom is -0.481 e. The molecular formula is C16H23N3O4. The number of urea groups is 1. The zero-order chi connectivity index (χ0) is 17.4. The van der Waals surface area contributed by atoms with Crippen LogP contribution in [0.4, 0.5) is 4.79 Å². The van der Waals surface area contributed by atoms with Crippen molar-refractivity contribution in [2.45, 2.75) is 18.9 Å². The number of carboxylic acids is 1. The molecule has 0 aromatic heterocycles. The zero-order valence-corrected chi connectivity index (χ0v) is 13.7. The first-order valence-electron chi connectivity index (χ1n) is 7.29.